The average molecular weight is 341 g/mol. The fourth-order valence-electron chi connectivity index (χ4n) is 3.48. The number of amides is 2. The Kier molecular flexibility index (Phi) is 3.38. The molecule has 1 heterocycles. The van der Waals surface area contributed by atoms with E-state index < -0.39 is 28.4 Å². The Morgan fingerprint density at radius 1 is 1.30 bits per heavy atom. The van der Waals surface area contributed by atoms with Crippen molar-refractivity contribution in [3.63, 3.8) is 0 Å². The summed E-state index contributed by atoms with van der Waals surface area (Å²) in [5.41, 5.74) is -2.09. The number of carbonyl (C=O) groups excluding carboxylic acids is 2. The van der Waals surface area contributed by atoms with Gasteiger partial charge in [0.25, 0.3) is 0 Å². The number of benzene rings is 1. The van der Waals surface area contributed by atoms with E-state index >= 15 is 0 Å². The molecule has 1 aliphatic heterocycles. The van der Waals surface area contributed by atoms with E-state index in [9.17, 15) is 14.0 Å². The predicted molar refractivity (Wildman–Crippen MR) is 83.5 cm³/mol. The van der Waals surface area contributed by atoms with Gasteiger partial charge in [0.05, 0.1) is 16.1 Å². The number of ether oxygens (including phenoxy) is 1. The van der Waals surface area contributed by atoms with Crippen LogP contribution in [0.3, 0.4) is 0 Å². The Bertz CT molecular complexity index is 709. The van der Waals surface area contributed by atoms with Gasteiger partial charge in [0.15, 0.2) is 5.72 Å². The van der Waals surface area contributed by atoms with E-state index in [2.05, 4.69) is 10.6 Å². The minimum Gasteiger partial charge on any atom is -0.438 e. The second-order valence-corrected chi connectivity index (χ2v) is 7.23. The standard InChI is InChI=1S/C16H18ClFN2O3/c1-14(2)15(3)7-8-16(14,23-12(15)21)20-13(22)19-10-6-4-5-9(18)11(10)17/h4-6H,7-8H2,1-3H3,(H2,19,20,22). The van der Waals surface area contributed by atoms with Gasteiger partial charge in [-0.2, -0.15) is 0 Å². The molecule has 2 fully saturated rings. The van der Waals surface area contributed by atoms with E-state index in [1.165, 1.54) is 18.2 Å². The van der Waals surface area contributed by atoms with Crippen molar-refractivity contribution < 1.29 is 18.7 Å². The maximum absolute atomic E-state index is 13.4. The molecule has 23 heavy (non-hydrogen) atoms. The third-order valence-corrected chi connectivity index (χ3v) is 5.98. The number of anilines is 1. The van der Waals surface area contributed by atoms with Crippen molar-refractivity contribution in [3.8, 4) is 0 Å². The molecule has 0 aromatic heterocycles. The molecule has 1 aromatic carbocycles. The van der Waals surface area contributed by atoms with Gasteiger partial charge in [-0.25, -0.2) is 9.18 Å². The molecule has 3 rings (SSSR count). The van der Waals surface area contributed by atoms with Gasteiger partial charge in [0.1, 0.15) is 5.82 Å². The summed E-state index contributed by atoms with van der Waals surface area (Å²) in [4.78, 5) is 24.5. The third kappa shape index (κ3) is 2.04. The minimum absolute atomic E-state index is 0.156. The van der Waals surface area contributed by atoms with Crippen molar-refractivity contribution in [2.24, 2.45) is 10.8 Å². The zero-order chi connectivity index (χ0) is 17.0. The summed E-state index contributed by atoms with van der Waals surface area (Å²) in [6.07, 6.45) is 1.17. The van der Waals surface area contributed by atoms with Crippen molar-refractivity contribution in [1.29, 1.82) is 0 Å². The summed E-state index contributed by atoms with van der Waals surface area (Å²) in [6, 6.07) is 3.55. The first-order valence-corrected chi connectivity index (χ1v) is 7.77. The molecule has 2 atom stereocenters. The lowest BCUT2D eigenvalue weighted by molar-refractivity contribution is -0.161. The van der Waals surface area contributed by atoms with Crippen LogP contribution >= 0.6 is 11.6 Å². The van der Waals surface area contributed by atoms with E-state index in [0.717, 1.165) is 0 Å². The Labute approximate surface area is 138 Å². The number of esters is 1. The van der Waals surface area contributed by atoms with Crippen LogP contribution in [0.5, 0.6) is 0 Å². The van der Waals surface area contributed by atoms with E-state index in [0.29, 0.717) is 12.8 Å². The van der Waals surface area contributed by atoms with Crippen LogP contribution < -0.4 is 10.6 Å². The van der Waals surface area contributed by atoms with Crippen LogP contribution in [0.1, 0.15) is 33.6 Å². The minimum atomic E-state index is -1.07. The largest absolute Gasteiger partial charge is 0.438 e. The second-order valence-electron chi connectivity index (χ2n) is 6.85. The van der Waals surface area contributed by atoms with Gasteiger partial charge < -0.3 is 10.1 Å². The number of hydrogen-bond acceptors (Lipinski definition) is 3. The zero-order valence-electron chi connectivity index (χ0n) is 13.1. The first-order chi connectivity index (χ1) is 10.6. The Morgan fingerprint density at radius 3 is 2.57 bits per heavy atom. The van der Waals surface area contributed by atoms with Gasteiger partial charge in [0, 0.05) is 11.8 Å². The highest BCUT2D eigenvalue weighted by molar-refractivity contribution is 6.33. The summed E-state index contributed by atoms with van der Waals surface area (Å²) >= 11 is 5.83. The van der Waals surface area contributed by atoms with Crippen molar-refractivity contribution in [2.75, 3.05) is 5.32 Å². The number of hydrogen-bond donors (Lipinski definition) is 2. The normalized spacial score (nSPS) is 30.9. The summed E-state index contributed by atoms with van der Waals surface area (Å²) in [5.74, 6) is -0.929. The molecule has 1 saturated carbocycles. The van der Waals surface area contributed by atoms with E-state index in [1.807, 2.05) is 20.8 Å². The van der Waals surface area contributed by atoms with E-state index in [4.69, 9.17) is 16.3 Å². The Balaban J connectivity index is 1.81. The first kappa shape index (κ1) is 16.1. The molecule has 2 unspecified atom stereocenters. The maximum Gasteiger partial charge on any atom is 0.322 e. The van der Waals surface area contributed by atoms with Crippen molar-refractivity contribution in [1.82, 2.24) is 5.32 Å². The van der Waals surface area contributed by atoms with Crippen molar-refractivity contribution in [3.05, 3.63) is 29.0 Å². The van der Waals surface area contributed by atoms with E-state index in [-0.39, 0.29) is 16.7 Å². The number of halogens is 2. The van der Waals surface area contributed by atoms with Crippen LogP contribution in [0.15, 0.2) is 18.2 Å². The average Bonchev–Trinajstić information content (AvgIpc) is 2.73. The smallest absolute Gasteiger partial charge is 0.322 e. The molecule has 1 aromatic rings. The van der Waals surface area contributed by atoms with Gasteiger partial charge >= 0.3 is 12.0 Å². The van der Waals surface area contributed by atoms with Crippen LogP contribution in [0.2, 0.25) is 5.02 Å². The highest BCUT2D eigenvalue weighted by atomic mass is 35.5. The molecule has 1 saturated heterocycles. The fourth-order valence-corrected chi connectivity index (χ4v) is 3.66. The van der Waals surface area contributed by atoms with Gasteiger partial charge in [-0.3, -0.25) is 10.1 Å². The number of urea groups is 1. The SMILES string of the molecule is CC12CCC(NC(=O)Nc3cccc(F)c3Cl)(OC1=O)C2(C)C. The molecule has 5 nitrogen and oxygen atoms in total. The lowest BCUT2D eigenvalue weighted by atomic mass is 9.69. The molecule has 2 amide bonds. The molecular formula is C16H18ClFN2O3. The summed E-state index contributed by atoms with van der Waals surface area (Å²) < 4.78 is 18.9. The summed E-state index contributed by atoms with van der Waals surface area (Å²) in [5, 5.41) is 5.09. The highest BCUT2D eigenvalue weighted by Gasteiger charge is 2.73. The first-order valence-electron chi connectivity index (χ1n) is 7.40. The second kappa shape index (κ2) is 4.84. The quantitative estimate of drug-likeness (QED) is 0.807. The molecule has 1 aliphatic carbocycles. The fraction of sp³-hybridized carbons (Fsp3) is 0.500. The molecule has 124 valence electrons. The van der Waals surface area contributed by atoms with Crippen LogP contribution in [0.25, 0.3) is 0 Å². The number of nitrogens with one attached hydrogen (secondary N) is 2. The van der Waals surface area contributed by atoms with Crippen LogP contribution in [-0.2, 0) is 9.53 Å². The van der Waals surface area contributed by atoms with Crippen LogP contribution in [0, 0.1) is 16.6 Å². The third-order valence-electron chi connectivity index (χ3n) is 5.60. The molecule has 2 bridgehead atoms. The number of fused-ring (bicyclic) bond motifs is 2. The van der Waals surface area contributed by atoms with Gasteiger partial charge in [-0.1, -0.05) is 31.5 Å². The monoisotopic (exact) mass is 340 g/mol. The lowest BCUT2D eigenvalue weighted by Crippen LogP contribution is -2.56. The molecular weight excluding hydrogens is 323 g/mol. The lowest BCUT2D eigenvalue weighted by Gasteiger charge is -2.37. The van der Waals surface area contributed by atoms with E-state index in [1.54, 1.807) is 0 Å². The van der Waals surface area contributed by atoms with Gasteiger partial charge in [-0.05, 0) is 25.5 Å². The van der Waals surface area contributed by atoms with Crippen LogP contribution in [-0.4, -0.2) is 17.7 Å². The Hall–Kier alpha value is -1.82. The summed E-state index contributed by atoms with van der Waals surface area (Å²) in [7, 11) is 0. The predicted octanol–water partition coefficient (Wildman–Crippen LogP) is 3.68. The molecule has 2 N–H and O–H groups in total. The van der Waals surface area contributed by atoms with Crippen LogP contribution in [0.4, 0.5) is 14.9 Å². The topological polar surface area (TPSA) is 67.4 Å². The summed E-state index contributed by atoms with van der Waals surface area (Å²) in [6.45, 7) is 5.66. The molecule has 2 aliphatic rings. The maximum atomic E-state index is 13.4. The molecule has 0 spiro atoms. The zero-order valence-corrected chi connectivity index (χ0v) is 13.9. The Morgan fingerprint density at radius 2 is 2.00 bits per heavy atom. The van der Waals surface area contributed by atoms with Crippen molar-refractivity contribution in [2.45, 2.75) is 39.3 Å². The van der Waals surface area contributed by atoms with Gasteiger partial charge in [-0.15, -0.1) is 0 Å². The molecule has 7 heteroatoms. The number of carbonyl (C=O) groups is 2. The van der Waals surface area contributed by atoms with Crippen molar-refractivity contribution >= 4 is 29.3 Å². The highest BCUT2D eigenvalue weighted by Crippen LogP contribution is 2.64. The van der Waals surface area contributed by atoms with Gasteiger partial charge in [0.2, 0.25) is 0 Å². The number of rotatable bonds is 2. The molecule has 0 radical (unpaired) electrons.